The van der Waals surface area contributed by atoms with Crippen LogP contribution in [0.1, 0.15) is 51.0 Å². The molecule has 138 valence electrons. The van der Waals surface area contributed by atoms with Gasteiger partial charge in [0.05, 0.1) is 10.7 Å². The third-order valence-corrected chi connectivity index (χ3v) is 5.72. The summed E-state index contributed by atoms with van der Waals surface area (Å²) in [5, 5.41) is 0.144. The number of allylic oxidation sites excluding steroid dienone is 2. The van der Waals surface area contributed by atoms with Crippen LogP contribution < -0.4 is 0 Å². The molecule has 0 amide bonds. The molecule has 0 aliphatic heterocycles. The monoisotopic (exact) mass is 371 g/mol. The average Bonchev–Trinajstić information content (AvgIpc) is 2.68. The van der Waals surface area contributed by atoms with Crippen molar-refractivity contribution in [2.24, 2.45) is 11.8 Å². The third-order valence-electron chi connectivity index (χ3n) is 5.42. The van der Waals surface area contributed by atoms with Crippen molar-refractivity contribution >= 4 is 11.6 Å². The van der Waals surface area contributed by atoms with Crippen molar-refractivity contribution in [1.82, 2.24) is 4.98 Å². The predicted octanol–water partition coefficient (Wildman–Crippen LogP) is 7.25. The highest BCUT2D eigenvalue weighted by Gasteiger charge is 2.19. The van der Waals surface area contributed by atoms with Gasteiger partial charge in [-0.25, -0.2) is 4.39 Å². The zero-order valence-electron chi connectivity index (χ0n) is 15.4. The molecule has 0 N–H and O–H groups in total. The van der Waals surface area contributed by atoms with Gasteiger partial charge in [0.15, 0.2) is 0 Å². The van der Waals surface area contributed by atoms with Crippen LogP contribution in [0.2, 0.25) is 5.02 Å². The average molecular weight is 372 g/mol. The molecule has 0 saturated heterocycles. The van der Waals surface area contributed by atoms with Gasteiger partial charge in [0.2, 0.25) is 0 Å². The molecular formula is C23H27ClFN. The molecule has 1 aliphatic carbocycles. The fourth-order valence-corrected chi connectivity index (χ4v) is 3.88. The first kappa shape index (κ1) is 19.1. The Morgan fingerprint density at radius 3 is 2.62 bits per heavy atom. The molecular weight excluding hydrogens is 345 g/mol. The molecule has 0 radical (unpaired) electrons. The van der Waals surface area contributed by atoms with E-state index in [-0.39, 0.29) is 5.02 Å². The van der Waals surface area contributed by atoms with Crippen LogP contribution in [-0.2, 0) is 6.42 Å². The predicted molar refractivity (Wildman–Crippen MR) is 108 cm³/mol. The van der Waals surface area contributed by atoms with E-state index in [1.54, 1.807) is 12.1 Å². The molecule has 2 aromatic rings. The maximum Gasteiger partial charge on any atom is 0.142 e. The summed E-state index contributed by atoms with van der Waals surface area (Å²) >= 11 is 5.74. The summed E-state index contributed by atoms with van der Waals surface area (Å²) < 4.78 is 13.6. The van der Waals surface area contributed by atoms with Crippen molar-refractivity contribution in [3.05, 3.63) is 65.1 Å². The van der Waals surface area contributed by atoms with Gasteiger partial charge in [0.1, 0.15) is 5.82 Å². The summed E-state index contributed by atoms with van der Waals surface area (Å²) in [7, 11) is 0. The first-order valence-corrected chi connectivity index (χ1v) is 10.1. The van der Waals surface area contributed by atoms with Gasteiger partial charge in [-0.05, 0) is 80.5 Å². The fourth-order valence-electron chi connectivity index (χ4n) is 3.77. The maximum absolute atomic E-state index is 13.6. The number of pyridine rings is 1. The number of nitrogens with zero attached hydrogens (tertiary/aromatic N) is 1. The zero-order valence-corrected chi connectivity index (χ0v) is 16.2. The number of benzene rings is 1. The number of rotatable bonds is 6. The molecule has 1 saturated carbocycles. The van der Waals surface area contributed by atoms with Crippen LogP contribution in [0.15, 0.2) is 48.7 Å². The lowest BCUT2D eigenvalue weighted by molar-refractivity contribution is 0.296. The second kappa shape index (κ2) is 9.32. The highest BCUT2D eigenvalue weighted by Crippen LogP contribution is 2.32. The van der Waals surface area contributed by atoms with E-state index in [9.17, 15) is 4.39 Å². The van der Waals surface area contributed by atoms with E-state index in [1.165, 1.54) is 43.7 Å². The molecule has 0 atom stereocenters. The van der Waals surface area contributed by atoms with E-state index in [2.05, 4.69) is 30.1 Å². The fraction of sp³-hybridized carbons (Fsp3) is 0.435. The topological polar surface area (TPSA) is 12.9 Å². The molecule has 1 aromatic carbocycles. The second-order valence-electron chi connectivity index (χ2n) is 7.34. The minimum Gasteiger partial charge on any atom is -0.256 e. The van der Waals surface area contributed by atoms with Gasteiger partial charge in [-0.2, -0.15) is 0 Å². The molecule has 1 heterocycles. The van der Waals surface area contributed by atoms with E-state index in [0.717, 1.165) is 35.9 Å². The number of hydrogen-bond acceptors (Lipinski definition) is 1. The minimum absolute atomic E-state index is 0.144. The van der Waals surface area contributed by atoms with Crippen LogP contribution in [0.3, 0.4) is 0 Å². The van der Waals surface area contributed by atoms with Crippen LogP contribution in [0.25, 0.3) is 11.3 Å². The summed E-state index contributed by atoms with van der Waals surface area (Å²) in [6.07, 6.45) is 15.5. The first-order chi connectivity index (χ1) is 12.7. The number of hydrogen-bond donors (Lipinski definition) is 0. The molecule has 1 aliphatic rings. The Labute approximate surface area is 161 Å². The number of aryl methyl sites for hydroxylation is 1. The lowest BCUT2D eigenvalue weighted by Gasteiger charge is -2.26. The van der Waals surface area contributed by atoms with E-state index < -0.39 is 5.82 Å². The Morgan fingerprint density at radius 2 is 1.96 bits per heavy atom. The van der Waals surface area contributed by atoms with Gasteiger partial charge in [0, 0.05) is 11.8 Å². The van der Waals surface area contributed by atoms with Gasteiger partial charge in [-0.15, -0.1) is 0 Å². The smallest absolute Gasteiger partial charge is 0.142 e. The van der Waals surface area contributed by atoms with Crippen LogP contribution >= 0.6 is 11.6 Å². The summed E-state index contributed by atoms with van der Waals surface area (Å²) in [6.45, 7) is 2.20. The molecule has 0 unspecified atom stereocenters. The van der Waals surface area contributed by atoms with Crippen LogP contribution in [0, 0.1) is 17.7 Å². The van der Waals surface area contributed by atoms with Crippen molar-refractivity contribution in [3.63, 3.8) is 0 Å². The Morgan fingerprint density at radius 1 is 1.15 bits per heavy atom. The van der Waals surface area contributed by atoms with Gasteiger partial charge >= 0.3 is 0 Å². The third kappa shape index (κ3) is 5.17. The van der Waals surface area contributed by atoms with Gasteiger partial charge in [-0.3, -0.25) is 4.98 Å². The standard InChI is InChI=1S/C23H27ClFN/c1-2-3-4-17-5-7-18(8-6-17)9-10-19-11-14-23(26-16-19)20-12-13-21(24)22(25)15-20/h3-4,11-18H,2,5-10H2,1H3/b4-3+/t17-,18-. The Balaban J connectivity index is 1.50. The summed E-state index contributed by atoms with van der Waals surface area (Å²) in [5.74, 6) is 1.23. The van der Waals surface area contributed by atoms with Crippen molar-refractivity contribution in [2.45, 2.75) is 51.9 Å². The van der Waals surface area contributed by atoms with Gasteiger partial charge < -0.3 is 0 Å². The number of halogens is 2. The molecule has 3 heteroatoms. The second-order valence-corrected chi connectivity index (χ2v) is 7.74. The van der Waals surface area contributed by atoms with Gasteiger partial charge in [0.25, 0.3) is 0 Å². The summed E-state index contributed by atoms with van der Waals surface area (Å²) in [6, 6.07) is 8.91. The van der Waals surface area contributed by atoms with Crippen LogP contribution in [0.5, 0.6) is 0 Å². The summed E-state index contributed by atoms with van der Waals surface area (Å²) in [5.41, 5.74) is 2.81. The highest BCUT2D eigenvalue weighted by molar-refractivity contribution is 6.30. The number of aromatic nitrogens is 1. The maximum atomic E-state index is 13.6. The molecule has 1 fully saturated rings. The Bertz CT molecular complexity index is 730. The van der Waals surface area contributed by atoms with E-state index in [1.807, 2.05) is 12.3 Å². The first-order valence-electron chi connectivity index (χ1n) is 9.72. The Hall–Kier alpha value is -1.67. The Kier molecular flexibility index (Phi) is 6.85. The van der Waals surface area contributed by atoms with E-state index >= 15 is 0 Å². The summed E-state index contributed by atoms with van der Waals surface area (Å²) in [4.78, 5) is 4.51. The molecule has 0 spiro atoms. The largest absolute Gasteiger partial charge is 0.256 e. The van der Waals surface area contributed by atoms with Crippen molar-refractivity contribution < 1.29 is 4.39 Å². The molecule has 0 bridgehead atoms. The highest BCUT2D eigenvalue weighted by atomic mass is 35.5. The molecule has 26 heavy (non-hydrogen) atoms. The van der Waals surface area contributed by atoms with Gasteiger partial charge in [-0.1, -0.05) is 42.8 Å². The molecule has 1 aromatic heterocycles. The zero-order chi connectivity index (χ0) is 18.4. The lowest BCUT2D eigenvalue weighted by atomic mass is 9.79. The quantitative estimate of drug-likeness (QED) is 0.487. The van der Waals surface area contributed by atoms with Crippen LogP contribution in [-0.4, -0.2) is 4.98 Å². The van der Waals surface area contributed by atoms with Crippen molar-refractivity contribution in [1.29, 1.82) is 0 Å². The SMILES string of the molecule is CC/C=C/[C@H]1CC[C@H](CCc2ccc(-c3ccc(Cl)c(F)c3)nc2)CC1. The van der Waals surface area contributed by atoms with E-state index in [0.29, 0.717) is 0 Å². The molecule has 3 rings (SSSR count). The lowest BCUT2D eigenvalue weighted by Crippen LogP contribution is -2.13. The van der Waals surface area contributed by atoms with E-state index in [4.69, 9.17) is 11.6 Å². The normalized spacial score (nSPS) is 20.6. The van der Waals surface area contributed by atoms with Crippen LogP contribution in [0.4, 0.5) is 4.39 Å². The van der Waals surface area contributed by atoms with Crippen molar-refractivity contribution in [3.8, 4) is 11.3 Å². The van der Waals surface area contributed by atoms with Crippen molar-refractivity contribution in [2.75, 3.05) is 0 Å². The molecule has 1 nitrogen and oxygen atoms in total. The minimum atomic E-state index is -0.403.